The molecule has 0 spiro atoms. The molecule has 0 unspecified atom stereocenters. The lowest BCUT2D eigenvalue weighted by Crippen LogP contribution is -2.47. The van der Waals surface area contributed by atoms with Gasteiger partial charge in [-0.25, -0.2) is 4.79 Å². The van der Waals surface area contributed by atoms with E-state index < -0.39 is 11.8 Å². The predicted molar refractivity (Wildman–Crippen MR) is 82.1 cm³/mol. The zero-order valence-electron chi connectivity index (χ0n) is 14.5. The van der Waals surface area contributed by atoms with Crippen LogP contribution in [0.2, 0.25) is 0 Å². The average molecular weight is 313 g/mol. The van der Waals surface area contributed by atoms with Crippen molar-refractivity contribution in [1.82, 2.24) is 4.90 Å². The Balaban J connectivity index is 3.04. The maximum Gasteiger partial charge on any atom is 0.412 e. The number of esters is 1. The van der Waals surface area contributed by atoms with Crippen molar-refractivity contribution in [2.24, 2.45) is 11.8 Å². The zero-order valence-corrected chi connectivity index (χ0v) is 14.5. The Kier molecular flexibility index (Phi) is 6.00. The van der Waals surface area contributed by atoms with E-state index in [-0.39, 0.29) is 30.0 Å². The van der Waals surface area contributed by atoms with E-state index in [9.17, 15) is 9.59 Å². The fraction of sp³-hybridized carbons (Fsp3) is 0.750. The number of hydrogen-bond acceptors (Lipinski definition) is 5. The van der Waals surface area contributed by atoms with Crippen molar-refractivity contribution in [3.8, 4) is 0 Å². The second-order valence-electron chi connectivity index (χ2n) is 6.28. The summed E-state index contributed by atoms with van der Waals surface area (Å²) in [4.78, 5) is 25.4. The van der Waals surface area contributed by atoms with Gasteiger partial charge in [0.05, 0.1) is 32.3 Å². The molecule has 0 aromatic heterocycles. The number of rotatable bonds is 4. The van der Waals surface area contributed by atoms with Crippen LogP contribution in [0.4, 0.5) is 4.79 Å². The quantitative estimate of drug-likeness (QED) is 0.589. The fourth-order valence-electron chi connectivity index (χ4n) is 2.78. The van der Waals surface area contributed by atoms with Crippen LogP contribution in [0.3, 0.4) is 0 Å². The highest BCUT2D eigenvalue weighted by Crippen LogP contribution is 2.33. The summed E-state index contributed by atoms with van der Waals surface area (Å²) in [6.45, 7) is 9.41. The van der Waals surface area contributed by atoms with Gasteiger partial charge in [0.2, 0.25) is 0 Å². The van der Waals surface area contributed by atoms with Gasteiger partial charge in [-0.3, -0.25) is 9.69 Å². The molecule has 0 aromatic carbocycles. The van der Waals surface area contributed by atoms with Crippen molar-refractivity contribution in [1.29, 1.82) is 0 Å². The lowest BCUT2D eigenvalue weighted by Gasteiger charge is -2.31. The second kappa shape index (κ2) is 7.13. The number of carbonyl (C=O) groups excluding carboxylic acids is 2. The predicted octanol–water partition coefficient (Wildman–Crippen LogP) is 2.58. The summed E-state index contributed by atoms with van der Waals surface area (Å²) in [5.41, 5.74) is -0.764. The van der Waals surface area contributed by atoms with Gasteiger partial charge in [-0.1, -0.05) is 26.0 Å². The molecular formula is C16H27NO5. The van der Waals surface area contributed by atoms with Crippen molar-refractivity contribution >= 4 is 12.1 Å². The first-order valence-corrected chi connectivity index (χ1v) is 7.47. The summed E-state index contributed by atoms with van der Waals surface area (Å²) in [5.74, 6) is -0.553. The summed E-state index contributed by atoms with van der Waals surface area (Å²) < 4.78 is 15.5. The molecule has 6 heteroatoms. The summed E-state index contributed by atoms with van der Waals surface area (Å²) in [7, 11) is 2.71. The van der Waals surface area contributed by atoms with Crippen LogP contribution in [-0.4, -0.2) is 49.1 Å². The van der Waals surface area contributed by atoms with E-state index in [4.69, 9.17) is 14.2 Å². The maximum atomic E-state index is 12.1. The molecule has 1 aliphatic heterocycles. The van der Waals surface area contributed by atoms with Crippen LogP contribution < -0.4 is 0 Å². The van der Waals surface area contributed by atoms with Crippen LogP contribution in [0.25, 0.3) is 0 Å². The molecule has 1 heterocycles. The Morgan fingerprint density at radius 3 is 2.27 bits per heavy atom. The first kappa shape index (κ1) is 18.5. The van der Waals surface area contributed by atoms with Gasteiger partial charge in [-0.15, -0.1) is 0 Å². The van der Waals surface area contributed by atoms with Gasteiger partial charge in [0.25, 0.3) is 0 Å². The topological polar surface area (TPSA) is 65.1 Å². The van der Waals surface area contributed by atoms with Gasteiger partial charge < -0.3 is 14.2 Å². The normalized spacial score (nSPS) is 25.5. The molecule has 1 rings (SSSR count). The molecule has 126 valence electrons. The minimum atomic E-state index is -0.764. The summed E-state index contributed by atoms with van der Waals surface area (Å²) >= 11 is 0. The molecule has 1 saturated heterocycles. The van der Waals surface area contributed by atoms with Gasteiger partial charge >= 0.3 is 12.1 Å². The van der Waals surface area contributed by atoms with Gasteiger partial charge in [0.15, 0.2) is 0 Å². The molecule has 22 heavy (non-hydrogen) atoms. The molecule has 6 nitrogen and oxygen atoms in total. The highest BCUT2D eigenvalue weighted by molar-refractivity contribution is 5.74. The molecule has 1 fully saturated rings. The Labute approximate surface area is 132 Å². The molecule has 0 aromatic rings. The Morgan fingerprint density at radius 1 is 1.23 bits per heavy atom. The van der Waals surface area contributed by atoms with Crippen LogP contribution in [-0.2, 0) is 19.0 Å². The SMILES string of the molecule is COC(=O)[C@@H](/C=C/[C@@H]1[C@@H](C)OC(C)(C)N1C(=O)OC)C(C)C. The smallest absolute Gasteiger partial charge is 0.412 e. The van der Waals surface area contributed by atoms with Gasteiger partial charge in [-0.2, -0.15) is 0 Å². The highest BCUT2D eigenvalue weighted by Gasteiger charge is 2.47. The molecule has 0 bridgehead atoms. The van der Waals surface area contributed by atoms with Crippen LogP contribution in [0.5, 0.6) is 0 Å². The largest absolute Gasteiger partial charge is 0.469 e. The standard InChI is InChI=1S/C16H27NO5/c1-10(2)12(14(18)20-6)8-9-13-11(3)22-16(4,5)17(13)15(19)21-7/h8-13H,1-7H3/b9-8+/t11-,12+,13-/m1/s1. The molecular weight excluding hydrogens is 286 g/mol. The minimum Gasteiger partial charge on any atom is -0.469 e. The van der Waals surface area contributed by atoms with Gasteiger partial charge in [0, 0.05) is 0 Å². The summed E-state index contributed by atoms with van der Waals surface area (Å²) in [6.07, 6.45) is 2.97. The van der Waals surface area contributed by atoms with E-state index in [2.05, 4.69) is 0 Å². The van der Waals surface area contributed by atoms with E-state index in [0.717, 1.165) is 0 Å². The van der Waals surface area contributed by atoms with Crippen molar-refractivity contribution < 1.29 is 23.8 Å². The Bertz CT molecular complexity index is 444. The Morgan fingerprint density at radius 2 is 1.82 bits per heavy atom. The number of amides is 1. The molecule has 3 atom stereocenters. The second-order valence-corrected chi connectivity index (χ2v) is 6.28. The van der Waals surface area contributed by atoms with Crippen molar-refractivity contribution in [2.75, 3.05) is 14.2 Å². The molecule has 0 saturated carbocycles. The molecule has 0 radical (unpaired) electrons. The first-order chi connectivity index (χ1) is 10.2. The minimum absolute atomic E-state index is 0.0981. The number of carbonyl (C=O) groups is 2. The number of nitrogens with zero attached hydrogens (tertiary/aromatic N) is 1. The number of hydrogen-bond donors (Lipinski definition) is 0. The van der Waals surface area contributed by atoms with Crippen molar-refractivity contribution in [3.63, 3.8) is 0 Å². The summed E-state index contributed by atoms with van der Waals surface area (Å²) in [5, 5.41) is 0. The third kappa shape index (κ3) is 3.80. The lowest BCUT2D eigenvalue weighted by molar-refractivity contribution is -0.145. The maximum absolute atomic E-state index is 12.1. The van der Waals surface area contributed by atoms with Crippen LogP contribution in [0.1, 0.15) is 34.6 Å². The first-order valence-electron chi connectivity index (χ1n) is 7.47. The van der Waals surface area contributed by atoms with Gasteiger partial charge in [-0.05, 0) is 26.7 Å². The van der Waals surface area contributed by atoms with E-state index in [0.29, 0.717) is 0 Å². The summed E-state index contributed by atoms with van der Waals surface area (Å²) in [6, 6.07) is -0.298. The molecule has 0 N–H and O–H groups in total. The molecule has 0 aliphatic carbocycles. The van der Waals surface area contributed by atoms with Crippen LogP contribution in [0.15, 0.2) is 12.2 Å². The fourth-order valence-corrected chi connectivity index (χ4v) is 2.78. The monoisotopic (exact) mass is 313 g/mol. The third-order valence-electron chi connectivity index (χ3n) is 3.91. The van der Waals surface area contributed by atoms with E-state index >= 15 is 0 Å². The van der Waals surface area contributed by atoms with E-state index in [1.807, 2.05) is 40.7 Å². The molecule has 1 amide bonds. The number of methoxy groups -OCH3 is 2. The highest BCUT2D eigenvalue weighted by atomic mass is 16.6. The van der Waals surface area contributed by atoms with Crippen molar-refractivity contribution in [3.05, 3.63) is 12.2 Å². The van der Waals surface area contributed by atoms with Gasteiger partial charge in [0.1, 0.15) is 5.72 Å². The van der Waals surface area contributed by atoms with Crippen LogP contribution in [0, 0.1) is 11.8 Å². The van der Waals surface area contributed by atoms with Crippen molar-refractivity contribution in [2.45, 2.75) is 52.5 Å². The number of ether oxygens (including phenoxy) is 3. The lowest BCUT2D eigenvalue weighted by atomic mass is 9.94. The zero-order chi connectivity index (χ0) is 17.1. The third-order valence-corrected chi connectivity index (χ3v) is 3.91. The average Bonchev–Trinajstić information content (AvgIpc) is 2.66. The van der Waals surface area contributed by atoms with E-state index in [1.54, 1.807) is 11.0 Å². The van der Waals surface area contributed by atoms with Crippen LogP contribution >= 0.6 is 0 Å². The molecule has 1 aliphatic rings. The van der Waals surface area contributed by atoms with E-state index in [1.165, 1.54) is 14.2 Å². The Hall–Kier alpha value is -1.56.